The summed E-state index contributed by atoms with van der Waals surface area (Å²) in [6, 6.07) is 10.4. The summed E-state index contributed by atoms with van der Waals surface area (Å²) in [6.45, 7) is 2.35. The zero-order valence-corrected chi connectivity index (χ0v) is 12.8. The molecule has 1 aliphatic heterocycles. The molecule has 2 aromatic carbocycles. The normalized spacial score (nSPS) is 15.4. The number of carbonyl (C=O) groups excluding carboxylic acids is 1. The summed E-state index contributed by atoms with van der Waals surface area (Å²) < 4.78 is 18.3. The van der Waals surface area contributed by atoms with E-state index in [1.807, 2.05) is 6.07 Å². The average molecular weight is 315 g/mol. The van der Waals surface area contributed by atoms with Gasteiger partial charge in [-0.05, 0) is 48.4 Å². The molecule has 0 unspecified atom stereocenters. The van der Waals surface area contributed by atoms with Gasteiger partial charge in [-0.3, -0.25) is 4.79 Å². The summed E-state index contributed by atoms with van der Waals surface area (Å²) >= 11 is 0. The van der Waals surface area contributed by atoms with E-state index >= 15 is 0 Å². The molecule has 0 aliphatic carbocycles. The number of amides is 1. The molecule has 0 aromatic heterocycles. The van der Waals surface area contributed by atoms with Crippen molar-refractivity contribution in [2.75, 3.05) is 6.61 Å². The molecule has 0 spiro atoms. The van der Waals surface area contributed by atoms with Gasteiger partial charge in [-0.25, -0.2) is 4.39 Å². The van der Waals surface area contributed by atoms with Crippen molar-refractivity contribution in [2.45, 2.75) is 25.5 Å². The highest BCUT2D eigenvalue weighted by molar-refractivity contribution is 5.94. The van der Waals surface area contributed by atoms with Crippen molar-refractivity contribution >= 4 is 5.91 Å². The summed E-state index contributed by atoms with van der Waals surface area (Å²) in [5.74, 6) is 0.201. The van der Waals surface area contributed by atoms with Crippen LogP contribution in [0.5, 0.6) is 5.75 Å². The fraction of sp³-hybridized carbons (Fsp3) is 0.278. The molecule has 1 amide bonds. The molecule has 0 saturated heterocycles. The van der Waals surface area contributed by atoms with Crippen LogP contribution in [0.15, 0.2) is 42.5 Å². The van der Waals surface area contributed by atoms with Crippen molar-refractivity contribution in [1.82, 2.24) is 5.32 Å². The third-order valence-corrected chi connectivity index (χ3v) is 4.00. The summed E-state index contributed by atoms with van der Waals surface area (Å²) in [5, 5.41) is 13.1. The van der Waals surface area contributed by atoms with E-state index in [4.69, 9.17) is 4.74 Å². The van der Waals surface area contributed by atoms with Gasteiger partial charge in [-0.15, -0.1) is 0 Å². The van der Waals surface area contributed by atoms with Crippen LogP contribution in [0.2, 0.25) is 0 Å². The lowest BCUT2D eigenvalue weighted by atomic mass is 10.0. The lowest BCUT2D eigenvalue weighted by Crippen LogP contribution is -2.37. The van der Waals surface area contributed by atoms with Crippen LogP contribution in [0.25, 0.3) is 0 Å². The molecule has 4 nitrogen and oxygen atoms in total. The van der Waals surface area contributed by atoms with Crippen molar-refractivity contribution in [2.24, 2.45) is 0 Å². The molecule has 2 atom stereocenters. The van der Waals surface area contributed by atoms with E-state index in [2.05, 4.69) is 5.32 Å². The Labute approximate surface area is 133 Å². The highest BCUT2D eigenvalue weighted by atomic mass is 19.1. The minimum atomic E-state index is -0.905. The van der Waals surface area contributed by atoms with Gasteiger partial charge in [0.05, 0.1) is 18.8 Å². The quantitative estimate of drug-likeness (QED) is 0.912. The number of rotatable bonds is 4. The number of fused-ring (bicyclic) bond motifs is 1. The van der Waals surface area contributed by atoms with Crippen LogP contribution in [0, 0.1) is 5.82 Å². The van der Waals surface area contributed by atoms with E-state index in [1.54, 1.807) is 19.1 Å². The lowest BCUT2D eigenvalue weighted by Gasteiger charge is -2.21. The second-order valence-corrected chi connectivity index (χ2v) is 5.68. The number of carbonyl (C=O) groups is 1. The van der Waals surface area contributed by atoms with Gasteiger partial charge < -0.3 is 15.2 Å². The molecule has 1 aliphatic rings. The number of aliphatic hydroxyl groups excluding tert-OH is 1. The van der Waals surface area contributed by atoms with Crippen LogP contribution in [-0.2, 0) is 6.42 Å². The van der Waals surface area contributed by atoms with Gasteiger partial charge in [0.1, 0.15) is 11.6 Å². The number of hydrogen-bond donors (Lipinski definition) is 2. The first-order chi connectivity index (χ1) is 11.0. The second kappa shape index (κ2) is 6.38. The Morgan fingerprint density at radius 1 is 1.26 bits per heavy atom. The number of ether oxygens (including phenoxy) is 1. The third-order valence-electron chi connectivity index (χ3n) is 4.00. The topological polar surface area (TPSA) is 58.6 Å². The first-order valence-corrected chi connectivity index (χ1v) is 7.55. The molecular weight excluding hydrogens is 297 g/mol. The minimum absolute atomic E-state index is 0.256. The molecular formula is C18H18FNO3. The average Bonchev–Trinajstić information content (AvgIpc) is 3.02. The number of halogens is 1. The van der Waals surface area contributed by atoms with E-state index in [0.717, 1.165) is 17.7 Å². The van der Waals surface area contributed by atoms with Crippen molar-refractivity contribution < 1.29 is 19.0 Å². The minimum Gasteiger partial charge on any atom is -0.493 e. The van der Waals surface area contributed by atoms with Crippen LogP contribution < -0.4 is 10.1 Å². The maximum Gasteiger partial charge on any atom is 0.251 e. The van der Waals surface area contributed by atoms with Crippen molar-refractivity contribution in [3.05, 3.63) is 65.0 Å². The van der Waals surface area contributed by atoms with Crippen molar-refractivity contribution in [3.63, 3.8) is 0 Å². The molecule has 0 fully saturated rings. The highest BCUT2D eigenvalue weighted by Gasteiger charge is 2.20. The van der Waals surface area contributed by atoms with Gasteiger partial charge in [-0.1, -0.05) is 12.1 Å². The molecule has 3 rings (SSSR count). The van der Waals surface area contributed by atoms with Gasteiger partial charge in [0.15, 0.2) is 0 Å². The molecule has 23 heavy (non-hydrogen) atoms. The fourth-order valence-electron chi connectivity index (χ4n) is 2.65. The Morgan fingerprint density at radius 2 is 2.00 bits per heavy atom. The predicted molar refractivity (Wildman–Crippen MR) is 83.9 cm³/mol. The summed E-state index contributed by atoms with van der Waals surface area (Å²) in [6.07, 6.45) is -0.109. The zero-order valence-electron chi connectivity index (χ0n) is 12.8. The predicted octanol–water partition coefficient (Wildman–Crippen LogP) is 2.61. The number of benzene rings is 2. The van der Waals surface area contributed by atoms with Crippen LogP contribution >= 0.6 is 0 Å². The second-order valence-electron chi connectivity index (χ2n) is 5.68. The molecule has 2 aromatic rings. The van der Waals surface area contributed by atoms with Gasteiger partial charge in [-0.2, -0.15) is 0 Å². The van der Waals surface area contributed by atoms with Crippen LogP contribution in [0.3, 0.4) is 0 Å². The van der Waals surface area contributed by atoms with E-state index in [1.165, 1.54) is 24.3 Å². The Bertz CT molecular complexity index is 715. The fourth-order valence-corrected chi connectivity index (χ4v) is 2.65. The molecule has 1 heterocycles. The number of hydrogen-bond acceptors (Lipinski definition) is 3. The molecule has 2 N–H and O–H groups in total. The SMILES string of the molecule is C[C@@H](NC(=O)c1ccc2c(c1)CCO2)[C@@H](O)c1ccc(F)cc1. The van der Waals surface area contributed by atoms with Gasteiger partial charge in [0.2, 0.25) is 0 Å². The van der Waals surface area contributed by atoms with Crippen LogP contribution in [0.4, 0.5) is 4.39 Å². The molecule has 5 heteroatoms. The Morgan fingerprint density at radius 3 is 2.74 bits per heavy atom. The summed E-state index contributed by atoms with van der Waals surface area (Å²) in [5.41, 5.74) is 2.11. The van der Waals surface area contributed by atoms with E-state index in [0.29, 0.717) is 17.7 Å². The smallest absolute Gasteiger partial charge is 0.251 e. The molecule has 120 valence electrons. The van der Waals surface area contributed by atoms with E-state index in [-0.39, 0.29) is 11.7 Å². The number of aliphatic hydroxyl groups is 1. The largest absolute Gasteiger partial charge is 0.493 e. The van der Waals surface area contributed by atoms with Crippen molar-refractivity contribution in [3.8, 4) is 5.75 Å². The zero-order chi connectivity index (χ0) is 16.4. The monoisotopic (exact) mass is 315 g/mol. The van der Waals surface area contributed by atoms with Crippen LogP contribution in [0.1, 0.15) is 34.5 Å². The maximum absolute atomic E-state index is 12.9. The standard InChI is InChI=1S/C18H18FNO3/c1-11(17(21)12-2-5-15(19)6-3-12)20-18(22)14-4-7-16-13(10-14)8-9-23-16/h2-7,10-11,17,21H,8-9H2,1H3,(H,20,22)/t11-,17-/m1/s1. The molecule has 0 saturated carbocycles. The van der Waals surface area contributed by atoms with E-state index in [9.17, 15) is 14.3 Å². The number of nitrogens with one attached hydrogen (secondary N) is 1. The first kappa shape index (κ1) is 15.5. The van der Waals surface area contributed by atoms with Gasteiger partial charge in [0.25, 0.3) is 5.91 Å². The van der Waals surface area contributed by atoms with Gasteiger partial charge in [0, 0.05) is 12.0 Å². The Balaban J connectivity index is 1.68. The Kier molecular flexibility index (Phi) is 4.30. The summed E-state index contributed by atoms with van der Waals surface area (Å²) in [4.78, 5) is 12.3. The molecule has 0 radical (unpaired) electrons. The lowest BCUT2D eigenvalue weighted by molar-refractivity contribution is 0.0852. The van der Waals surface area contributed by atoms with Gasteiger partial charge >= 0.3 is 0 Å². The summed E-state index contributed by atoms with van der Waals surface area (Å²) in [7, 11) is 0. The highest BCUT2D eigenvalue weighted by Crippen LogP contribution is 2.26. The third kappa shape index (κ3) is 3.35. The van der Waals surface area contributed by atoms with E-state index < -0.39 is 12.1 Å². The van der Waals surface area contributed by atoms with Crippen LogP contribution in [-0.4, -0.2) is 23.7 Å². The Hall–Kier alpha value is -2.40. The first-order valence-electron chi connectivity index (χ1n) is 7.55. The molecule has 0 bridgehead atoms. The van der Waals surface area contributed by atoms with Crippen molar-refractivity contribution in [1.29, 1.82) is 0 Å². The maximum atomic E-state index is 12.9.